The molecule has 0 saturated heterocycles. The molecule has 3 aromatic heterocycles. The van der Waals surface area contributed by atoms with Crippen molar-refractivity contribution in [3.8, 4) is 107 Å². The molecule has 396 valence electrons. The molecule has 0 bridgehead atoms. The van der Waals surface area contributed by atoms with Gasteiger partial charge in [0.15, 0.2) is 0 Å². The minimum Gasteiger partial charge on any atom is -0.458 e. The average Bonchev–Trinajstić information content (AvgIpc) is 1.31. The van der Waals surface area contributed by atoms with Crippen LogP contribution in [0.25, 0.3) is 128 Å². The van der Waals surface area contributed by atoms with E-state index in [9.17, 15) is 12.3 Å². The van der Waals surface area contributed by atoms with Crippen LogP contribution in [0.2, 0.25) is 0 Å². The molecule has 11 aromatic carbocycles. The number of imidazole rings is 1. The number of hydrogen-bond acceptors (Lipinski definition) is 2. The molecule has 0 unspecified atom stereocenters. The van der Waals surface area contributed by atoms with Gasteiger partial charge in [0.1, 0.15) is 17.3 Å². The monoisotopic (exact) mass is 1090 g/mol. The molecule has 0 N–H and O–H groups in total. The number of ether oxygens (including phenoxy) is 1. The van der Waals surface area contributed by atoms with Crippen molar-refractivity contribution < 1.29 is 40.8 Å². The van der Waals surface area contributed by atoms with Gasteiger partial charge in [-0.1, -0.05) is 220 Å². The summed E-state index contributed by atoms with van der Waals surface area (Å²) in [6.45, 7) is 2.19. The standard InChI is InChI=1S/C78H58N4O/c1-51-40-69(57-43-55(52-22-8-5-9-23-52)42-56(44-57)53-24-10-6-11-25-53)76-70(41-51)65-33-17-15-31-63(65)62-30-14-16-32-64(62)68-35-21-37-73-77(68)81(76)50-80(73)59-28-20-29-60(46-59)83-61-38-39-67-66-34-18-19-36-72(66)82(74(67)47-61)75-45-58(48-78(2,3)4)71(49-79-75)54-26-12-7-13-27-54/h5-47,49H,48H2,1-4H3/i1D3,5D,6D,7D,8D,9D,10D,11D,12D,13D,22D,23D,24D,25D,26D,27D,42D,43D,44D,48D2. The van der Waals surface area contributed by atoms with Crippen molar-refractivity contribution in [2.45, 2.75) is 34.0 Å². The van der Waals surface area contributed by atoms with Crippen molar-refractivity contribution >= 4 is 32.8 Å². The third-order valence-electron chi connectivity index (χ3n) is 14.6. The lowest BCUT2D eigenvalue weighted by Gasteiger charge is -2.21. The van der Waals surface area contributed by atoms with Crippen LogP contribution < -0.4 is 9.30 Å². The zero-order chi connectivity index (χ0) is 75.7. The van der Waals surface area contributed by atoms with Crippen LogP contribution in [0.5, 0.6) is 11.5 Å². The first-order chi connectivity index (χ1) is 50.2. The van der Waals surface area contributed by atoms with Gasteiger partial charge in [-0.25, -0.2) is 4.98 Å². The molecule has 1 aliphatic heterocycles. The Morgan fingerprint density at radius 1 is 0.506 bits per heavy atom. The number of rotatable bonds is 9. The summed E-state index contributed by atoms with van der Waals surface area (Å²) in [6.07, 6.45) is 2.77. The first-order valence-electron chi connectivity index (χ1n) is 38.2. The van der Waals surface area contributed by atoms with Gasteiger partial charge < -0.3 is 4.74 Å². The fourth-order valence-corrected chi connectivity index (χ4v) is 11.2. The van der Waals surface area contributed by atoms with E-state index in [-0.39, 0.29) is 44.9 Å². The lowest BCUT2D eigenvalue weighted by atomic mass is 9.85. The summed E-state index contributed by atoms with van der Waals surface area (Å²) in [6, 6.07) is 31.1. The van der Waals surface area contributed by atoms with E-state index < -0.39 is 155 Å². The number of aromatic nitrogens is 4. The molecular formula is C78H58N4O. The van der Waals surface area contributed by atoms with Gasteiger partial charge in [0.2, 0.25) is 0 Å². The largest absolute Gasteiger partial charge is 0.458 e. The van der Waals surface area contributed by atoms with Gasteiger partial charge in [-0.3, -0.25) is 13.7 Å². The predicted octanol–water partition coefficient (Wildman–Crippen LogP) is 19.9. The topological polar surface area (TPSA) is 35.9 Å². The summed E-state index contributed by atoms with van der Waals surface area (Å²) in [4.78, 5) is 4.88. The van der Waals surface area contributed by atoms with Crippen LogP contribution in [0.3, 0.4) is 0 Å². The Morgan fingerprint density at radius 3 is 1.76 bits per heavy atom. The van der Waals surface area contributed by atoms with E-state index in [1.165, 1.54) is 18.3 Å². The Labute approximate surface area is 516 Å². The first kappa shape index (κ1) is 31.0. The van der Waals surface area contributed by atoms with Crippen LogP contribution in [0.15, 0.2) is 267 Å². The summed E-state index contributed by atoms with van der Waals surface area (Å²) in [5.41, 5.74) is 1.13. The van der Waals surface area contributed by atoms with Crippen LogP contribution >= 0.6 is 0 Å². The van der Waals surface area contributed by atoms with Crippen molar-refractivity contribution in [3.63, 3.8) is 0 Å². The van der Waals surface area contributed by atoms with Gasteiger partial charge in [0, 0.05) is 35.5 Å². The zero-order valence-corrected chi connectivity index (χ0v) is 44.7. The van der Waals surface area contributed by atoms with E-state index in [1.807, 2.05) is 95.6 Å². The highest BCUT2D eigenvalue weighted by molar-refractivity contribution is 6.09. The Morgan fingerprint density at radius 2 is 1.07 bits per heavy atom. The van der Waals surface area contributed by atoms with Gasteiger partial charge in [0.05, 0.1) is 58.1 Å². The van der Waals surface area contributed by atoms with Crippen molar-refractivity contribution in [1.82, 2.24) is 14.1 Å². The van der Waals surface area contributed by atoms with Gasteiger partial charge in [-0.15, -0.1) is 0 Å². The van der Waals surface area contributed by atoms with Gasteiger partial charge in [-0.05, 0) is 157 Å². The first-order valence-corrected chi connectivity index (χ1v) is 26.7. The molecular weight excluding hydrogens is 1010 g/mol. The third kappa shape index (κ3) is 8.89. The Hall–Kier alpha value is -10.4. The van der Waals surface area contributed by atoms with Crippen LogP contribution in [-0.2, 0) is 6.37 Å². The highest BCUT2D eigenvalue weighted by Gasteiger charge is 2.28. The lowest BCUT2D eigenvalue weighted by molar-refractivity contribution is -0.570. The lowest BCUT2D eigenvalue weighted by Crippen LogP contribution is -2.32. The molecule has 83 heavy (non-hydrogen) atoms. The Bertz CT molecular complexity index is 6010. The summed E-state index contributed by atoms with van der Waals surface area (Å²) in [5.74, 6) is 0.917. The van der Waals surface area contributed by atoms with Crippen LogP contribution in [-0.4, -0.2) is 14.1 Å². The minimum atomic E-state index is -2.95. The van der Waals surface area contributed by atoms with Crippen molar-refractivity contribution in [3.05, 3.63) is 284 Å². The van der Waals surface area contributed by atoms with E-state index in [0.29, 0.717) is 67.1 Å². The van der Waals surface area contributed by atoms with Crippen LogP contribution in [0.1, 0.15) is 63.4 Å². The number of fused-ring (bicyclic) bond motifs is 10. The highest BCUT2D eigenvalue weighted by Crippen LogP contribution is 2.47. The normalized spacial score (nSPS) is 16.2. The molecule has 0 amide bonds. The molecule has 14 aromatic rings. The number of benzene rings is 11. The molecule has 0 atom stereocenters. The molecule has 1 aliphatic rings. The molecule has 4 heterocycles. The molecule has 0 radical (unpaired) electrons. The third-order valence-corrected chi connectivity index (χ3v) is 14.6. The number of aryl methyl sites for hydroxylation is 1. The number of nitrogens with zero attached hydrogens (tertiary/aromatic N) is 4. The van der Waals surface area contributed by atoms with Crippen LogP contribution in [0.4, 0.5) is 0 Å². The van der Waals surface area contributed by atoms with E-state index in [1.54, 1.807) is 78.4 Å². The second-order valence-corrected chi connectivity index (χ2v) is 21.0. The molecule has 0 saturated carbocycles. The van der Waals surface area contributed by atoms with E-state index >= 15 is 0 Å². The highest BCUT2D eigenvalue weighted by atomic mass is 16.5. The summed E-state index contributed by atoms with van der Waals surface area (Å²) < 4.78 is 222. The van der Waals surface area contributed by atoms with Crippen molar-refractivity contribution in [2.75, 3.05) is 0 Å². The second-order valence-electron chi connectivity index (χ2n) is 21.0. The zero-order valence-electron chi connectivity index (χ0n) is 67.7. The maximum Gasteiger partial charge on any atom is 0.269 e. The average molecular weight is 1090 g/mol. The molecule has 0 spiro atoms. The second kappa shape index (κ2) is 20.0. The smallest absolute Gasteiger partial charge is 0.269 e. The summed E-state index contributed by atoms with van der Waals surface area (Å²) in [7, 11) is 0. The number of para-hydroxylation sites is 2. The minimum absolute atomic E-state index is 0.0297. The molecule has 5 nitrogen and oxygen atoms in total. The van der Waals surface area contributed by atoms with Gasteiger partial charge in [0.25, 0.3) is 6.33 Å². The summed E-state index contributed by atoms with van der Waals surface area (Å²) >= 11 is 0. The Balaban J connectivity index is 0.976. The van der Waals surface area contributed by atoms with Crippen LogP contribution in [0, 0.1) is 18.6 Å². The fourth-order valence-electron chi connectivity index (χ4n) is 11.2. The Kier molecular flexibility index (Phi) is 7.48. The fraction of sp³-hybridized carbons (Fsp3) is 0.0769. The molecule has 0 fully saturated rings. The SMILES string of the molecule is [2H]c1c([2H])c([2H])c(-c2cnc(-n3c4ccccc4c4ccc(Oc5cccc(-n6[c-][n+]7c8c(cccc86)-c6ccccc6-c6ccccc6-c6cc(C([2H])([2H])[2H])cc(-c8c([2H])c(-c9c([2H])c([2H])c([2H])c([2H])c9[2H])c([2H])c(-c9c([2H])c([2H])c([2H])c([2H])c9[2H])c8[2H])c6-7)c5)cc43)cc2C([2H])([2H])C(C)(C)C)c([2H])c1[2H]. The molecule has 15 rings (SSSR count). The van der Waals surface area contributed by atoms with Crippen molar-refractivity contribution in [1.29, 1.82) is 0 Å². The maximum atomic E-state index is 10.4. The maximum absolute atomic E-state index is 10.4. The van der Waals surface area contributed by atoms with E-state index in [4.69, 9.17) is 28.9 Å². The number of pyridine rings is 1. The van der Waals surface area contributed by atoms with E-state index in [0.717, 1.165) is 10.8 Å². The summed E-state index contributed by atoms with van der Waals surface area (Å²) in [5, 5.41) is 1.58. The van der Waals surface area contributed by atoms with Gasteiger partial charge in [-0.2, -0.15) is 0 Å². The predicted molar refractivity (Wildman–Crippen MR) is 342 cm³/mol. The molecule has 0 aliphatic carbocycles. The van der Waals surface area contributed by atoms with Gasteiger partial charge >= 0.3 is 0 Å². The molecule has 5 heteroatoms. The number of hydrogen-bond donors (Lipinski definition) is 0. The van der Waals surface area contributed by atoms with Crippen molar-refractivity contribution in [2.24, 2.45) is 5.41 Å². The quantitative estimate of drug-likeness (QED) is 0.107. The van der Waals surface area contributed by atoms with E-state index in [2.05, 4.69) is 6.33 Å².